The minimum absolute atomic E-state index is 0. The zero-order valence-electron chi connectivity index (χ0n) is 3.26. The summed E-state index contributed by atoms with van der Waals surface area (Å²) < 4.78 is 2.01. The van der Waals surface area contributed by atoms with Crippen LogP contribution in [0.15, 0.2) is 0 Å². The maximum atomic E-state index is 2.01. The molecule has 0 fully saturated rings. The van der Waals surface area contributed by atoms with Crippen LogP contribution >= 0.6 is 12.4 Å². The molecule has 5 heavy (non-hydrogen) atoms. The molecule has 0 unspecified atom stereocenters. The van der Waals surface area contributed by atoms with Crippen molar-refractivity contribution < 1.29 is 20.1 Å². The minimum atomic E-state index is 0. The van der Waals surface area contributed by atoms with Crippen molar-refractivity contribution in [1.82, 2.24) is 3.46 Å². The molecule has 0 aromatic rings. The van der Waals surface area contributed by atoms with Crippen LogP contribution in [0.5, 0.6) is 0 Å². The summed E-state index contributed by atoms with van der Waals surface area (Å²) in [5.41, 5.74) is 0. The number of halogens is 1. The third-order valence-corrected chi connectivity index (χ3v) is 0. The Balaban J connectivity index is 0. The van der Waals surface area contributed by atoms with Gasteiger partial charge in [-0.05, 0) is 0 Å². The van der Waals surface area contributed by atoms with Gasteiger partial charge in [0.05, 0.1) is 0 Å². The Morgan fingerprint density at radius 1 is 1.40 bits per heavy atom. The molecule has 0 aliphatic rings. The molecule has 0 radical (unpaired) electrons. The smallest absolute Gasteiger partial charge is 0.147 e. The van der Waals surface area contributed by atoms with Gasteiger partial charge in [0.1, 0.15) is 0 Å². The number of nitrogens with zero attached hydrogens (tertiary/aromatic N) is 1. The molecule has 3 heteroatoms. The van der Waals surface area contributed by atoms with Crippen LogP contribution in [0.2, 0.25) is 0 Å². The van der Waals surface area contributed by atoms with Gasteiger partial charge in [0, 0.05) is 0 Å². The van der Waals surface area contributed by atoms with E-state index in [9.17, 15) is 0 Å². The van der Waals surface area contributed by atoms with Gasteiger partial charge in [0.15, 0.2) is 0 Å². The molecule has 0 aromatic heterocycles. The van der Waals surface area contributed by atoms with Gasteiger partial charge in [-0.15, -0.1) is 12.4 Å². The third kappa shape index (κ3) is 48.4. The van der Waals surface area contributed by atoms with Crippen LogP contribution in [0.4, 0.5) is 0 Å². The third-order valence-electron chi connectivity index (χ3n) is 0. The molecule has 0 aliphatic carbocycles. The van der Waals surface area contributed by atoms with Crippen molar-refractivity contribution in [2.75, 3.05) is 14.1 Å². The van der Waals surface area contributed by atoms with Gasteiger partial charge in [-0.2, -0.15) is 0 Å². The number of hydrogen-bond donors (Lipinski definition) is 0. The van der Waals surface area contributed by atoms with Gasteiger partial charge in [-0.3, -0.25) is 0 Å². The Hall–Kier alpha value is 0.938. The molecular formula is C2H7ClMoN. The normalized spacial score (nSPS) is 7.00. The van der Waals surface area contributed by atoms with Crippen molar-refractivity contribution >= 4 is 12.4 Å². The molecule has 0 rings (SSSR count). The van der Waals surface area contributed by atoms with Crippen LogP contribution in [0, 0.1) is 0 Å². The van der Waals surface area contributed by atoms with Gasteiger partial charge in [-0.25, -0.2) is 0 Å². The maximum Gasteiger partial charge on any atom is -0.147 e. The molecule has 1 nitrogen and oxygen atoms in total. The van der Waals surface area contributed by atoms with Crippen LogP contribution in [0.25, 0.3) is 0 Å². The average molecular weight is 176 g/mol. The minimum Gasteiger partial charge on any atom is -0.147 e. The molecule has 33 valence electrons. The van der Waals surface area contributed by atoms with E-state index in [1.165, 1.54) is 0 Å². The number of rotatable bonds is 0. The first kappa shape index (κ1) is 9.34. The van der Waals surface area contributed by atoms with Gasteiger partial charge >= 0.3 is 37.6 Å². The summed E-state index contributed by atoms with van der Waals surface area (Å²) in [5.74, 6) is 0. The summed E-state index contributed by atoms with van der Waals surface area (Å²) in [6, 6.07) is 0. The second-order valence-corrected chi connectivity index (χ2v) is 2.61. The molecule has 0 aliphatic heterocycles. The molecule has 0 saturated heterocycles. The standard InChI is InChI=1S/C2H6N.ClH.Mo/c1-3-2;;/h1-2H3;1H;/q-1;;+1. The maximum absolute atomic E-state index is 2.01. The molecule has 0 aromatic carbocycles. The van der Waals surface area contributed by atoms with E-state index in [2.05, 4.69) is 0 Å². The summed E-state index contributed by atoms with van der Waals surface area (Å²) in [7, 11) is 4.01. The van der Waals surface area contributed by atoms with E-state index >= 15 is 0 Å². The van der Waals surface area contributed by atoms with Crippen molar-refractivity contribution in [3.63, 3.8) is 0 Å². The van der Waals surface area contributed by atoms with Crippen LogP contribution in [-0.4, -0.2) is 17.6 Å². The van der Waals surface area contributed by atoms with Crippen molar-refractivity contribution in [2.45, 2.75) is 0 Å². The SMILES string of the molecule is C[N](C)[Mo].Cl. The first-order valence-electron chi connectivity index (χ1n) is 1.08. The molecule has 0 N–H and O–H groups in total. The second kappa shape index (κ2) is 4.94. The topological polar surface area (TPSA) is 3.24 Å². The first-order chi connectivity index (χ1) is 1.73. The van der Waals surface area contributed by atoms with E-state index in [-0.39, 0.29) is 12.4 Å². The van der Waals surface area contributed by atoms with Crippen molar-refractivity contribution in [3.8, 4) is 0 Å². The predicted octanol–water partition coefficient (Wildman–Crippen LogP) is 0.432. The van der Waals surface area contributed by atoms with Gasteiger partial charge in [0.2, 0.25) is 0 Å². The van der Waals surface area contributed by atoms with Crippen LogP contribution in [-0.2, 0) is 20.1 Å². The van der Waals surface area contributed by atoms with Gasteiger partial charge in [0.25, 0.3) is 0 Å². The van der Waals surface area contributed by atoms with Crippen molar-refractivity contribution in [1.29, 1.82) is 0 Å². The van der Waals surface area contributed by atoms with Crippen LogP contribution < -0.4 is 0 Å². The zero-order chi connectivity index (χ0) is 3.58. The van der Waals surface area contributed by atoms with Crippen LogP contribution in [0.1, 0.15) is 0 Å². The largest absolute Gasteiger partial charge is 0.147 e. The fourth-order valence-corrected chi connectivity index (χ4v) is 0. The molecule has 0 saturated carbocycles. The zero-order valence-corrected chi connectivity index (χ0v) is 6.09. The van der Waals surface area contributed by atoms with E-state index in [4.69, 9.17) is 0 Å². The summed E-state index contributed by atoms with van der Waals surface area (Å²) in [6.07, 6.45) is 0. The monoisotopic (exact) mass is 178 g/mol. The van der Waals surface area contributed by atoms with Gasteiger partial charge < -0.3 is 0 Å². The van der Waals surface area contributed by atoms with Crippen molar-refractivity contribution in [3.05, 3.63) is 0 Å². The van der Waals surface area contributed by atoms with E-state index in [0.717, 1.165) is 0 Å². The van der Waals surface area contributed by atoms with E-state index in [1.54, 1.807) is 0 Å². The molecule has 0 bridgehead atoms. The molecule has 0 spiro atoms. The Labute approximate surface area is 50.3 Å². The Morgan fingerprint density at radius 3 is 1.40 bits per heavy atom. The first-order valence-corrected chi connectivity index (χ1v) is 1.97. The molecular weight excluding hydrogens is 169 g/mol. The summed E-state index contributed by atoms with van der Waals surface area (Å²) in [4.78, 5) is 0. The Kier molecular flexibility index (Phi) is 9.22. The van der Waals surface area contributed by atoms with Crippen LogP contribution in [0.3, 0.4) is 0 Å². The number of hydrogen-bond acceptors (Lipinski definition) is 1. The Morgan fingerprint density at radius 2 is 1.40 bits per heavy atom. The predicted molar refractivity (Wildman–Crippen MR) is 20.9 cm³/mol. The molecule has 0 atom stereocenters. The van der Waals surface area contributed by atoms with E-state index < -0.39 is 0 Å². The molecule has 0 heterocycles. The fraction of sp³-hybridized carbons (Fsp3) is 1.00. The van der Waals surface area contributed by atoms with Crippen molar-refractivity contribution in [2.24, 2.45) is 0 Å². The summed E-state index contributed by atoms with van der Waals surface area (Å²) >= 11 is 1.94. The van der Waals surface area contributed by atoms with E-state index in [0.29, 0.717) is 0 Å². The second-order valence-electron chi connectivity index (χ2n) is 0.812. The average Bonchev–Trinajstić information content (AvgIpc) is 0.811. The van der Waals surface area contributed by atoms with Gasteiger partial charge in [-0.1, -0.05) is 0 Å². The van der Waals surface area contributed by atoms with E-state index in [1.807, 2.05) is 37.6 Å². The molecule has 0 amide bonds. The fourth-order valence-electron chi connectivity index (χ4n) is 0. The summed E-state index contributed by atoms with van der Waals surface area (Å²) in [6.45, 7) is 0. The Bertz CT molecular complexity index is 14.4. The quantitative estimate of drug-likeness (QED) is 0.484. The summed E-state index contributed by atoms with van der Waals surface area (Å²) in [5, 5.41) is 0.